The van der Waals surface area contributed by atoms with E-state index in [0.717, 1.165) is 30.9 Å². The van der Waals surface area contributed by atoms with Crippen LogP contribution < -0.4 is 4.74 Å². The van der Waals surface area contributed by atoms with Gasteiger partial charge in [-0.15, -0.1) is 6.58 Å². The van der Waals surface area contributed by atoms with E-state index in [-0.39, 0.29) is 0 Å². The maximum atomic E-state index is 5.63. The molecule has 0 heterocycles. The van der Waals surface area contributed by atoms with Crippen LogP contribution in [0.2, 0.25) is 0 Å². The molecule has 106 valence electrons. The van der Waals surface area contributed by atoms with Crippen LogP contribution in [0.1, 0.15) is 25.8 Å². The summed E-state index contributed by atoms with van der Waals surface area (Å²) in [4.78, 5) is 2.16. The first-order valence-electron chi connectivity index (χ1n) is 6.61. The van der Waals surface area contributed by atoms with Crippen molar-refractivity contribution in [2.75, 3.05) is 27.2 Å². The minimum atomic E-state index is 0.768. The van der Waals surface area contributed by atoms with Crippen molar-refractivity contribution in [2.24, 2.45) is 0 Å². The molecule has 0 saturated carbocycles. The maximum absolute atomic E-state index is 5.63. The molecule has 19 heavy (non-hydrogen) atoms. The molecule has 0 aliphatic heterocycles. The fraction of sp³-hybridized carbons (Fsp3) is 0.412. The molecule has 0 atom stereocenters. The van der Waals surface area contributed by atoms with E-state index in [9.17, 15) is 0 Å². The van der Waals surface area contributed by atoms with Gasteiger partial charge in [-0.05, 0) is 52.1 Å². The van der Waals surface area contributed by atoms with Gasteiger partial charge in [-0.1, -0.05) is 30.4 Å². The van der Waals surface area contributed by atoms with Crippen molar-refractivity contribution in [2.45, 2.75) is 20.3 Å². The van der Waals surface area contributed by atoms with Crippen LogP contribution >= 0.6 is 0 Å². The lowest BCUT2D eigenvalue weighted by Crippen LogP contribution is -2.15. The molecule has 0 spiro atoms. The van der Waals surface area contributed by atoms with Gasteiger partial charge in [0, 0.05) is 6.54 Å². The maximum Gasteiger partial charge on any atom is 0.119 e. The van der Waals surface area contributed by atoms with Crippen molar-refractivity contribution in [1.82, 2.24) is 4.90 Å². The largest absolute Gasteiger partial charge is 0.494 e. The number of benzene rings is 1. The predicted molar refractivity (Wildman–Crippen MR) is 85.7 cm³/mol. The second-order valence-corrected chi connectivity index (χ2v) is 4.72. The normalized spacial score (nSPS) is 9.53. The zero-order valence-corrected chi connectivity index (χ0v) is 12.8. The summed E-state index contributed by atoms with van der Waals surface area (Å²) in [5, 5.41) is 0. The average molecular weight is 261 g/mol. The molecule has 0 saturated heterocycles. The third-order valence-corrected chi connectivity index (χ3v) is 2.37. The van der Waals surface area contributed by atoms with E-state index in [4.69, 9.17) is 4.74 Å². The van der Waals surface area contributed by atoms with E-state index < -0.39 is 0 Å². The van der Waals surface area contributed by atoms with Crippen LogP contribution in [-0.4, -0.2) is 32.1 Å². The van der Waals surface area contributed by atoms with Crippen molar-refractivity contribution in [1.29, 1.82) is 0 Å². The Morgan fingerprint density at radius 1 is 1.26 bits per heavy atom. The number of hydrogen-bond donors (Lipinski definition) is 0. The second kappa shape index (κ2) is 10.4. The summed E-state index contributed by atoms with van der Waals surface area (Å²) < 4.78 is 5.63. The Hall–Kier alpha value is -1.54. The molecular weight excluding hydrogens is 234 g/mol. The van der Waals surface area contributed by atoms with Gasteiger partial charge >= 0.3 is 0 Å². The standard InChI is InChI=1S/C14H21NO.C3H6/c1-12(2)13-6-8-14(9-7-13)16-11-5-10-15(3)4;1-3-2/h6-9H,1,5,10-11H2,2-4H3;3H,1H2,2H3. The summed E-state index contributed by atoms with van der Waals surface area (Å²) in [6.45, 7) is 13.0. The topological polar surface area (TPSA) is 12.5 Å². The average Bonchev–Trinajstić information content (AvgIpc) is 2.36. The highest BCUT2D eigenvalue weighted by molar-refractivity contribution is 5.61. The van der Waals surface area contributed by atoms with E-state index in [1.165, 1.54) is 5.56 Å². The zero-order valence-electron chi connectivity index (χ0n) is 12.8. The van der Waals surface area contributed by atoms with Crippen LogP contribution in [0, 0.1) is 0 Å². The van der Waals surface area contributed by atoms with Gasteiger partial charge in [-0.3, -0.25) is 0 Å². The molecule has 0 amide bonds. The molecule has 0 radical (unpaired) electrons. The molecule has 1 aromatic rings. The Balaban J connectivity index is 0.000000982. The number of rotatable bonds is 6. The third-order valence-electron chi connectivity index (χ3n) is 2.37. The molecule has 0 aliphatic rings. The van der Waals surface area contributed by atoms with Gasteiger partial charge < -0.3 is 9.64 Å². The lowest BCUT2D eigenvalue weighted by molar-refractivity contribution is 0.281. The summed E-state index contributed by atoms with van der Waals surface area (Å²) in [5.74, 6) is 0.934. The van der Waals surface area contributed by atoms with E-state index in [2.05, 4.69) is 32.2 Å². The molecule has 0 fully saturated rings. The molecule has 2 nitrogen and oxygen atoms in total. The third kappa shape index (κ3) is 9.09. The van der Waals surface area contributed by atoms with Gasteiger partial charge in [0.1, 0.15) is 5.75 Å². The van der Waals surface area contributed by atoms with Gasteiger partial charge in [0.2, 0.25) is 0 Å². The number of allylic oxidation sites excluding steroid dienone is 2. The van der Waals surface area contributed by atoms with E-state index in [1.807, 2.05) is 38.1 Å². The van der Waals surface area contributed by atoms with Gasteiger partial charge in [0.05, 0.1) is 6.61 Å². The van der Waals surface area contributed by atoms with Crippen molar-refractivity contribution >= 4 is 5.57 Å². The van der Waals surface area contributed by atoms with Crippen molar-refractivity contribution in [3.8, 4) is 5.75 Å². The van der Waals surface area contributed by atoms with E-state index >= 15 is 0 Å². The Morgan fingerprint density at radius 2 is 1.79 bits per heavy atom. The van der Waals surface area contributed by atoms with Gasteiger partial charge in [-0.2, -0.15) is 0 Å². The Bertz CT molecular complexity index is 365. The fourth-order valence-electron chi connectivity index (χ4n) is 1.41. The highest BCUT2D eigenvalue weighted by Gasteiger charge is 1.96. The first-order chi connectivity index (χ1) is 9.01. The van der Waals surface area contributed by atoms with Crippen LogP contribution in [-0.2, 0) is 0 Å². The van der Waals surface area contributed by atoms with E-state index in [0.29, 0.717) is 0 Å². The lowest BCUT2D eigenvalue weighted by Gasteiger charge is -2.10. The number of ether oxygens (including phenoxy) is 1. The van der Waals surface area contributed by atoms with Crippen molar-refractivity contribution in [3.05, 3.63) is 49.1 Å². The van der Waals surface area contributed by atoms with E-state index in [1.54, 1.807) is 6.08 Å². The van der Waals surface area contributed by atoms with Crippen LogP contribution in [0.15, 0.2) is 43.5 Å². The number of hydrogen-bond acceptors (Lipinski definition) is 2. The van der Waals surface area contributed by atoms with Gasteiger partial charge in [0.25, 0.3) is 0 Å². The summed E-state index contributed by atoms with van der Waals surface area (Å²) in [6, 6.07) is 8.09. The Morgan fingerprint density at radius 3 is 2.21 bits per heavy atom. The van der Waals surface area contributed by atoms with Crippen LogP contribution in [0.4, 0.5) is 0 Å². The summed E-state index contributed by atoms with van der Waals surface area (Å²) in [5.41, 5.74) is 2.25. The highest BCUT2D eigenvalue weighted by atomic mass is 16.5. The highest BCUT2D eigenvalue weighted by Crippen LogP contribution is 2.16. The summed E-state index contributed by atoms with van der Waals surface area (Å²) >= 11 is 0. The van der Waals surface area contributed by atoms with Crippen molar-refractivity contribution in [3.63, 3.8) is 0 Å². The monoisotopic (exact) mass is 261 g/mol. The van der Waals surface area contributed by atoms with Crippen LogP contribution in [0.3, 0.4) is 0 Å². The van der Waals surface area contributed by atoms with Gasteiger partial charge in [-0.25, -0.2) is 0 Å². The molecule has 0 N–H and O–H groups in total. The molecule has 0 aromatic heterocycles. The van der Waals surface area contributed by atoms with Crippen molar-refractivity contribution < 1.29 is 4.74 Å². The second-order valence-electron chi connectivity index (χ2n) is 4.72. The SMILES string of the molecule is C=C(C)c1ccc(OCCCN(C)C)cc1.C=CC. The predicted octanol–water partition coefficient (Wildman–Crippen LogP) is 4.24. The Kier molecular flexibility index (Phi) is 9.55. The van der Waals surface area contributed by atoms with Crippen LogP contribution in [0.5, 0.6) is 5.75 Å². The molecule has 0 aliphatic carbocycles. The molecule has 2 heteroatoms. The summed E-state index contributed by atoms with van der Waals surface area (Å²) in [6.07, 6.45) is 2.80. The molecule has 0 unspecified atom stereocenters. The minimum absolute atomic E-state index is 0.768. The Labute approximate surface area is 118 Å². The van der Waals surface area contributed by atoms with Gasteiger partial charge in [0.15, 0.2) is 0 Å². The quantitative estimate of drug-likeness (QED) is 0.561. The lowest BCUT2D eigenvalue weighted by atomic mass is 10.1. The molecular formula is C17H27NO. The fourth-order valence-corrected chi connectivity index (χ4v) is 1.41. The smallest absolute Gasteiger partial charge is 0.119 e. The molecule has 1 aromatic carbocycles. The van der Waals surface area contributed by atoms with Crippen LogP contribution in [0.25, 0.3) is 5.57 Å². The summed E-state index contributed by atoms with van der Waals surface area (Å²) in [7, 11) is 4.14. The molecule has 0 bridgehead atoms. The first kappa shape index (κ1) is 17.5. The number of nitrogens with zero attached hydrogens (tertiary/aromatic N) is 1. The minimum Gasteiger partial charge on any atom is -0.494 e. The zero-order chi connectivity index (χ0) is 14.7. The molecule has 1 rings (SSSR count). The first-order valence-corrected chi connectivity index (χ1v) is 6.61.